The summed E-state index contributed by atoms with van der Waals surface area (Å²) in [5, 5.41) is 26.2. The van der Waals surface area contributed by atoms with Crippen LogP contribution in [0.15, 0.2) is 6.20 Å². The van der Waals surface area contributed by atoms with E-state index in [-0.39, 0.29) is 11.9 Å². The first-order chi connectivity index (χ1) is 11.4. The van der Waals surface area contributed by atoms with E-state index in [1.165, 1.54) is 4.68 Å². The molecule has 0 bridgehead atoms. The molecule has 0 unspecified atom stereocenters. The summed E-state index contributed by atoms with van der Waals surface area (Å²) < 4.78 is 11.5. The van der Waals surface area contributed by atoms with Gasteiger partial charge in [-0.3, -0.25) is 10.1 Å². The fraction of sp³-hybridized carbons (Fsp3) is 0.643. The monoisotopic (exact) mass is 358 g/mol. The topological polar surface area (TPSA) is 146 Å². The van der Waals surface area contributed by atoms with Gasteiger partial charge in [0.2, 0.25) is 0 Å². The number of nitro groups is 1. The van der Waals surface area contributed by atoms with Gasteiger partial charge >= 0.3 is 17.7 Å². The van der Waals surface area contributed by atoms with Crippen molar-refractivity contribution in [3.63, 3.8) is 0 Å². The lowest BCUT2D eigenvalue weighted by molar-refractivity contribution is -0.386. The number of rotatable bonds is 7. The van der Waals surface area contributed by atoms with Crippen LogP contribution in [0, 0.1) is 10.1 Å². The van der Waals surface area contributed by atoms with Gasteiger partial charge in [-0.25, -0.2) is 14.3 Å². The summed E-state index contributed by atoms with van der Waals surface area (Å²) in [6, 6.07) is -1.70. The first-order valence-electron chi connectivity index (χ1n) is 7.49. The quantitative estimate of drug-likeness (QED) is 0.553. The minimum Gasteiger partial charge on any atom is -0.480 e. The second kappa shape index (κ2) is 7.81. The van der Waals surface area contributed by atoms with Crippen LogP contribution in [0.2, 0.25) is 0 Å². The van der Waals surface area contributed by atoms with Crippen molar-refractivity contribution < 1.29 is 29.1 Å². The van der Waals surface area contributed by atoms with Crippen LogP contribution < -0.4 is 10.1 Å². The number of carbonyl (C=O) groups excluding carboxylic acids is 1. The number of hydrogen-bond acceptors (Lipinski definition) is 7. The zero-order valence-corrected chi connectivity index (χ0v) is 14.7. The maximum Gasteiger partial charge on any atom is 0.408 e. The molecule has 0 aliphatic carbocycles. The zero-order chi connectivity index (χ0) is 19.4. The zero-order valence-electron chi connectivity index (χ0n) is 14.7. The molecule has 140 valence electrons. The minimum atomic E-state index is -1.45. The number of carbonyl (C=O) groups is 2. The molecular formula is C14H22N4O7. The standard InChI is InChI=1S/C14H22N4O7/c1-8(2)17-11(10(6-15-17)18(22)23)24-7-9(12(19)20)16-13(21)25-14(3,4)5/h6,8-9H,7H2,1-5H3,(H,16,21)(H,19,20)/t9-/m0/s1. The predicted molar refractivity (Wildman–Crippen MR) is 85.6 cm³/mol. The van der Waals surface area contributed by atoms with E-state index in [0.717, 1.165) is 6.20 Å². The Hall–Kier alpha value is -2.85. The summed E-state index contributed by atoms with van der Waals surface area (Å²) in [7, 11) is 0. The van der Waals surface area contributed by atoms with Gasteiger partial charge in [0.05, 0.1) is 11.0 Å². The molecule has 0 aliphatic rings. The maximum absolute atomic E-state index is 11.7. The lowest BCUT2D eigenvalue weighted by Crippen LogP contribution is -2.46. The second-order valence-corrected chi connectivity index (χ2v) is 6.48. The van der Waals surface area contributed by atoms with Crippen LogP contribution >= 0.6 is 0 Å². The molecule has 1 heterocycles. The molecule has 1 atom stereocenters. The van der Waals surface area contributed by atoms with Crippen LogP contribution in [-0.4, -0.2) is 50.1 Å². The van der Waals surface area contributed by atoms with Gasteiger partial charge in [0.25, 0.3) is 5.88 Å². The lowest BCUT2D eigenvalue weighted by Gasteiger charge is -2.22. The van der Waals surface area contributed by atoms with Gasteiger partial charge in [0, 0.05) is 0 Å². The molecule has 0 spiro atoms. The fourth-order valence-corrected chi connectivity index (χ4v) is 1.76. The predicted octanol–water partition coefficient (Wildman–Crippen LogP) is 1.73. The summed E-state index contributed by atoms with van der Waals surface area (Å²) in [5.41, 5.74) is -1.20. The van der Waals surface area contributed by atoms with E-state index in [1.54, 1.807) is 34.6 Å². The number of aliphatic carboxylic acids is 1. The Morgan fingerprint density at radius 1 is 1.44 bits per heavy atom. The Labute approximate surface area is 144 Å². The molecule has 0 aromatic carbocycles. The van der Waals surface area contributed by atoms with E-state index in [2.05, 4.69) is 10.4 Å². The van der Waals surface area contributed by atoms with Gasteiger partial charge in [-0.2, -0.15) is 5.10 Å². The van der Waals surface area contributed by atoms with Gasteiger partial charge < -0.3 is 19.9 Å². The van der Waals surface area contributed by atoms with Crippen molar-refractivity contribution in [3.05, 3.63) is 16.3 Å². The lowest BCUT2D eigenvalue weighted by atomic mass is 10.2. The Kier molecular flexibility index (Phi) is 6.31. The molecule has 0 saturated heterocycles. The summed E-state index contributed by atoms with van der Waals surface area (Å²) in [4.78, 5) is 33.4. The van der Waals surface area contributed by atoms with Crippen LogP contribution in [0.1, 0.15) is 40.7 Å². The Bertz CT molecular complexity index is 648. The maximum atomic E-state index is 11.7. The molecule has 0 aliphatic heterocycles. The molecule has 1 aromatic heterocycles. The van der Waals surface area contributed by atoms with Crippen molar-refractivity contribution >= 4 is 17.7 Å². The number of ether oxygens (including phenoxy) is 2. The van der Waals surface area contributed by atoms with E-state index >= 15 is 0 Å². The molecule has 1 amide bonds. The first kappa shape index (κ1) is 20.2. The first-order valence-corrected chi connectivity index (χ1v) is 7.49. The van der Waals surface area contributed by atoms with E-state index in [1.807, 2.05) is 0 Å². The van der Waals surface area contributed by atoms with E-state index in [9.17, 15) is 24.8 Å². The molecule has 2 N–H and O–H groups in total. The van der Waals surface area contributed by atoms with Gasteiger partial charge in [0.1, 0.15) is 18.4 Å². The number of carboxylic acid groups (broad SMARTS) is 1. The number of nitrogens with one attached hydrogen (secondary N) is 1. The fourth-order valence-electron chi connectivity index (χ4n) is 1.76. The molecule has 0 radical (unpaired) electrons. The molecule has 0 fully saturated rings. The third kappa shape index (κ3) is 5.94. The van der Waals surface area contributed by atoms with Gasteiger partial charge in [0.15, 0.2) is 6.04 Å². The molecular weight excluding hydrogens is 336 g/mol. The largest absolute Gasteiger partial charge is 0.480 e. The molecule has 1 aromatic rings. The van der Waals surface area contributed by atoms with Crippen LogP contribution in [0.25, 0.3) is 0 Å². The number of nitrogens with zero attached hydrogens (tertiary/aromatic N) is 3. The van der Waals surface area contributed by atoms with Crippen LogP contribution in [0.4, 0.5) is 10.5 Å². The molecule has 1 rings (SSSR count). The highest BCUT2D eigenvalue weighted by atomic mass is 16.6. The summed E-state index contributed by atoms with van der Waals surface area (Å²) in [5.74, 6) is -1.55. The summed E-state index contributed by atoms with van der Waals surface area (Å²) >= 11 is 0. The van der Waals surface area contributed by atoms with E-state index < -0.39 is 40.9 Å². The Morgan fingerprint density at radius 2 is 2.04 bits per heavy atom. The third-order valence-electron chi connectivity index (χ3n) is 2.79. The van der Waals surface area contributed by atoms with E-state index in [4.69, 9.17) is 9.47 Å². The average Bonchev–Trinajstić information content (AvgIpc) is 2.85. The highest BCUT2D eigenvalue weighted by Gasteiger charge is 2.28. The number of alkyl carbamates (subject to hydrolysis) is 1. The Morgan fingerprint density at radius 3 is 2.48 bits per heavy atom. The summed E-state index contributed by atoms with van der Waals surface area (Å²) in [6.07, 6.45) is 0.0854. The molecule has 0 saturated carbocycles. The SMILES string of the molecule is CC(C)n1ncc([N+](=O)[O-])c1OC[C@H](NC(=O)OC(C)(C)C)C(=O)O. The third-order valence-corrected chi connectivity index (χ3v) is 2.79. The normalized spacial score (nSPS) is 12.6. The van der Waals surface area contributed by atoms with Crippen molar-refractivity contribution in [2.24, 2.45) is 0 Å². The number of carboxylic acids is 1. The van der Waals surface area contributed by atoms with Crippen LogP contribution in [0.3, 0.4) is 0 Å². The molecule has 11 heteroatoms. The minimum absolute atomic E-state index is 0.183. The number of amides is 1. The smallest absolute Gasteiger partial charge is 0.408 e. The van der Waals surface area contributed by atoms with Crippen LogP contribution in [0.5, 0.6) is 5.88 Å². The number of hydrogen-bond donors (Lipinski definition) is 2. The number of aromatic nitrogens is 2. The average molecular weight is 358 g/mol. The highest BCUT2D eigenvalue weighted by Crippen LogP contribution is 2.29. The summed E-state index contributed by atoms with van der Waals surface area (Å²) in [6.45, 7) is 7.82. The Balaban J connectivity index is 2.88. The van der Waals surface area contributed by atoms with Crippen molar-refractivity contribution in [1.29, 1.82) is 0 Å². The van der Waals surface area contributed by atoms with Gasteiger partial charge in [-0.15, -0.1) is 0 Å². The van der Waals surface area contributed by atoms with Gasteiger partial charge in [-0.1, -0.05) is 0 Å². The second-order valence-electron chi connectivity index (χ2n) is 6.48. The van der Waals surface area contributed by atoms with Crippen molar-refractivity contribution in [3.8, 4) is 5.88 Å². The van der Waals surface area contributed by atoms with Crippen molar-refractivity contribution in [2.75, 3.05) is 6.61 Å². The van der Waals surface area contributed by atoms with Crippen LogP contribution in [-0.2, 0) is 9.53 Å². The van der Waals surface area contributed by atoms with Crippen molar-refractivity contribution in [1.82, 2.24) is 15.1 Å². The molecule has 11 nitrogen and oxygen atoms in total. The molecule has 25 heavy (non-hydrogen) atoms. The highest BCUT2D eigenvalue weighted by molar-refractivity contribution is 5.80. The van der Waals surface area contributed by atoms with E-state index in [0.29, 0.717) is 0 Å². The van der Waals surface area contributed by atoms with Crippen molar-refractivity contribution in [2.45, 2.75) is 52.3 Å². The van der Waals surface area contributed by atoms with Gasteiger partial charge in [-0.05, 0) is 34.6 Å².